The number of nitrogens with one attached hydrogen (secondary N) is 2. The molecule has 2 atom stereocenters. The van der Waals surface area contributed by atoms with Gasteiger partial charge in [-0.15, -0.1) is 0 Å². The van der Waals surface area contributed by atoms with Crippen molar-refractivity contribution in [1.82, 2.24) is 10.6 Å². The Hall–Kier alpha value is -1.30. The van der Waals surface area contributed by atoms with Gasteiger partial charge in [-0.1, -0.05) is 27.2 Å². The quantitative estimate of drug-likeness (QED) is 0.606. The third-order valence-electron chi connectivity index (χ3n) is 3.16. The minimum atomic E-state index is -0.851. The monoisotopic (exact) mass is 330 g/mol. The Kier molecular flexibility index (Phi) is 9.88. The van der Waals surface area contributed by atoms with Gasteiger partial charge in [-0.05, 0) is 39.5 Å². The van der Waals surface area contributed by atoms with Crippen LogP contribution in [0.4, 0.5) is 4.79 Å². The molecule has 6 nitrogen and oxygen atoms in total. The van der Waals surface area contributed by atoms with Crippen molar-refractivity contribution in [1.29, 1.82) is 0 Å². The Morgan fingerprint density at radius 2 is 1.83 bits per heavy atom. The van der Waals surface area contributed by atoms with Crippen LogP contribution in [0.2, 0.25) is 0 Å². The predicted octanol–water partition coefficient (Wildman–Crippen LogP) is 2.59. The van der Waals surface area contributed by atoms with Crippen molar-refractivity contribution < 1.29 is 19.4 Å². The third-order valence-corrected chi connectivity index (χ3v) is 3.16. The number of ether oxygens (including phenoxy) is 1. The first-order chi connectivity index (χ1) is 10.5. The fourth-order valence-electron chi connectivity index (χ4n) is 2.07. The van der Waals surface area contributed by atoms with Crippen LogP contribution in [0.25, 0.3) is 0 Å². The van der Waals surface area contributed by atoms with E-state index >= 15 is 0 Å². The maximum Gasteiger partial charge on any atom is 0.407 e. The van der Waals surface area contributed by atoms with Crippen molar-refractivity contribution >= 4 is 12.0 Å². The van der Waals surface area contributed by atoms with E-state index in [9.17, 15) is 14.7 Å². The van der Waals surface area contributed by atoms with E-state index in [2.05, 4.69) is 10.6 Å². The zero-order valence-corrected chi connectivity index (χ0v) is 15.4. The maximum absolute atomic E-state index is 11.9. The highest BCUT2D eigenvalue weighted by atomic mass is 16.6. The Morgan fingerprint density at radius 1 is 1.22 bits per heavy atom. The number of hydrogen-bond donors (Lipinski definition) is 3. The first kappa shape index (κ1) is 21.7. The van der Waals surface area contributed by atoms with Crippen LogP contribution < -0.4 is 10.6 Å². The minimum absolute atomic E-state index is 0.0773. The molecule has 0 aromatic carbocycles. The van der Waals surface area contributed by atoms with Crippen LogP contribution in [-0.4, -0.2) is 41.4 Å². The lowest BCUT2D eigenvalue weighted by molar-refractivity contribution is -0.121. The van der Waals surface area contributed by atoms with Crippen molar-refractivity contribution in [2.45, 2.75) is 85.0 Å². The van der Waals surface area contributed by atoms with E-state index < -0.39 is 23.8 Å². The topological polar surface area (TPSA) is 87.7 Å². The second-order valence-electron chi connectivity index (χ2n) is 7.36. The first-order valence-electron chi connectivity index (χ1n) is 8.49. The van der Waals surface area contributed by atoms with Crippen LogP contribution in [0, 0.1) is 5.92 Å². The lowest BCUT2D eigenvalue weighted by Gasteiger charge is -2.28. The molecule has 0 bridgehead atoms. The lowest BCUT2D eigenvalue weighted by Crippen LogP contribution is -2.50. The maximum atomic E-state index is 11.9. The summed E-state index contributed by atoms with van der Waals surface area (Å²) in [6.45, 7) is 11.5. The fraction of sp³-hybridized carbons (Fsp3) is 0.882. The first-order valence-corrected chi connectivity index (χ1v) is 8.49. The van der Waals surface area contributed by atoms with E-state index in [1.165, 1.54) is 0 Å². The highest BCUT2D eigenvalue weighted by Gasteiger charge is 2.25. The molecule has 0 saturated heterocycles. The Labute approximate surface area is 140 Å². The van der Waals surface area contributed by atoms with Crippen LogP contribution in [0.15, 0.2) is 0 Å². The molecule has 6 heteroatoms. The number of unbranched alkanes of at least 4 members (excludes halogenated alkanes) is 1. The molecule has 0 rings (SSSR count). The number of aliphatic hydroxyl groups excluding tert-OH is 1. The molecule has 0 spiro atoms. The summed E-state index contributed by atoms with van der Waals surface area (Å²) in [4.78, 5) is 23.5. The molecular weight excluding hydrogens is 296 g/mol. The van der Waals surface area contributed by atoms with Crippen LogP contribution >= 0.6 is 0 Å². The zero-order valence-electron chi connectivity index (χ0n) is 15.4. The van der Waals surface area contributed by atoms with Gasteiger partial charge >= 0.3 is 6.09 Å². The summed E-state index contributed by atoms with van der Waals surface area (Å²) in [5, 5.41) is 15.7. The van der Waals surface area contributed by atoms with Crippen molar-refractivity contribution in [3.63, 3.8) is 0 Å². The molecule has 3 N–H and O–H groups in total. The highest BCUT2D eigenvalue weighted by molar-refractivity contribution is 5.75. The molecule has 2 amide bonds. The number of amides is 2. The van der Waals surface area contributed by atoms with Gasteiger partial charge < -0.3 is 20.5 Å². The van der Waals surface area contributed by atoms with Gasteiger partial charge in [0.2, 0.25) is 5.91 Å². The van der Waals surface area contributed by atoms with Gasteiger partial charge in [0.25, 0.3) is 0 Å². The molecule has 23 heavy (non-hydrogen) atoms. The van der Waals surface area contributed by atoms with Gasteiger partial charge in [0.05, 0.1) is 12.1 Å². The Bertz CT molecular complexity index is 364. The normalized spacial score (nSPS) is 14.3. The molecule has 0 aliphatic rings. The average Bonchev–Trinajstić information content (AvgIpc) is 2.39. The SMILES string of the molecule is CCCCC(=O)NCC(O)C(CC(C)C)NC(=O)OC(C)(C)C. The number of alkyl carbamates (subject to hydrolysis) is 1. The van der Waals surface area contributed by atoms with Crippen molar-refractivity contribution in [2.24, 2.45) is 5.92 Å². The number of carbonyl (C=O) groups excluding carboxylic acids is 2. The smallest absolute Gasteiger partial charge is 0.407 e. The van der Waals surface area contributed by atoms with E-state index in [-0.39, 0.29) is 12.5 Å². The van der Waals surface area contributed by atoms with E-state index in [1.807, 2.05) is 20.8 Å². The molecule has 0 fully saturated rings. The standard InChI is InChI=1S/C17H34N2O4/c1-7-8-9-15(21)18-11-14(20)13(10-12(2)3)19-16(22)23-17(4,5)6/h12-14,20H,7-11H2,1-6H3,(H,18,21)(H,19,22). The molecule has 0 aromatic heterocycles. The largest absolute Gasteiger partial charge is 0.444 e. The number of aliphatic hydroxyl groups is 1. The summed E-state index contributed by atoms with van der Waals surface area (Å²) in [6.07, 6.45) is 1.43. The Balaban J connectivity index is 4.51. The summed E-state index contributed by atoms with van der Waals surface area (Å²) >= 11 is 0. The lowest BCUT2D eigenvalue weighted by atomic mass is 9.99. The summed E-state index contributed by atoms with van der Waals surface area (Å²) in [6, 6.07) is -0.462. The summed E-state index contributed by atoms with van der Waals surface area (Å²) < 4.78 is 5.23. The average molecular weight is 330 g/mol. The molecule has 0 aromatic rings. The van der Waals surface area contributed by atoms with Crippen molar-refractivity contribution in [3.8, 4) is 0 Å². The van der Waals surface area contributed by atoms with E-state index in [0.717, 1.165) is 12.8 Å². The molecular formula is C17H34N2O4. The minimum Gasteiger partial charge on any atom is -0.444 e. The van der Waals surface area contributed by atoms with Crippen molar-refractivity contribution in [2.75, 3.05) is 6.54 Å². The molecule has 2 unspecified atom stereocenters. The Morgan fingerprint density at radius 3 is 2.30 bits per heavy atom. The van der Waals surface area contributed by atoms with Crippen LogP contribution in [0.3, 0.4) is 0 Å². The van der Waals surface area contributed by atoms with Gasteiger partial charge in [-0.25, -0.2) is 4.79 Å². The molecule has 0 aliphatic heterocycles. The van der Waals surface area contributed by atoms with Crippen LogP contribution in [-0.2, 0) is 9.53 Å². The number of rotatable bonds is 9. The number of carbonyl (C=O) groups is 2. The van der Waals surface area contributed by atoms with Crippen molar-refractivity contribution in [3.05, 3.63) is 0 Å². The van der Waals surface area contributed by atoms with Gasteiger partial charge in [-0.3, -0.25) is 4.79 Å². The second-order valence-corrected chi connectivity index (χ2v) is 7.36. The summed E-state index contributed by atoms with van der Waals surface area (Å²) in [7, 11) is 0. The third kappa shape index (κ3) is 11.9. The molecule has 0 aliphatic carbocycles. The van der Waals surface area contributed by atoms with Gasteiger partial charge in [0.15, 0.2) is 0 Å². The predicted molar refractivity (Wildman–Crippen MR) is 91.2 cm³/mol. The van der Waals surface area contributed by atoms with E-state index in [4.69, 9.17) is 4.74 Å². The number of hydrogen-bond acceptors (Lipinski definition) is 4. The fourth-order valence-corrected chi connectivity index (χ4v) is 2.07. The summed E-state index contributed by atoms with van der Waals surface area (Å²) in [5.74, 6) is 0.215. The van der Waals surface area contributed by atoms with Gasteiger partial charge in [0.1, 0.15) is 5.60 Å². The second kappa shape index (κ2) is 10.5. The van der Waals surface area contributed by atoms with Crippen LogP contribution in [0.5, 0.6) is 0 Å². The van der Waals surface area contributed by atoms with E-state index in [0.29, 0.717) is 18.8 Å². The zero-order chi connectivity index (χ0) is 18.0. The molecule has 0 saturated carbocycles. The molecule has 0 heterocycles. The molecule has 0 radical (unpaired) electrons. The van der Waals surface area contributed by atoms with Crippen LogP contribution in [0.1, 0.15) is 67.2 Å². The van der Waals surface area contributed by atoms with Gasteiger partial charge in [0, 0.05) is 13.0 Å². The summed E-state index contributed by atoms with van der Waals surface area (Å²) in [5.41, 5.74) is -0.591. The van der Waals surface area contributed by atoms with E-state index in [1.54, 1.807) is 20.8 Å². The molecule has 136 valence electrons. The van der Waals surface area contributed by atoms with Gasteiger partial charge in [-0.2, -0.15) is 0 Å². The highest BCUT2D eigenvalue weighted by Crippen LogP contribution is 2.11.